The molecule has 2 aromatic rings. The molecular formula is C25H32ClF2N5. The van der Waals surface area contributed by atoms with Gasteiger partial charge in [-0.25, -0.2) is 19.2 Å². The smallest absolute Gasteiger partial charge is 0.148 e. The fraction of sp³-hybridized carbons (Fsp3) is 0.480. The minimum atomic E-state index is -0.340. The number of nitrogens with zero attached hydrogens (tertiary/aromatic N) is 2. The predicted octanol–water partition coefficient (Wildman–Crippen LogP) is 5.17. The van der Waals surface area contributed by atoms with Crippen LogP contribution in [0.15, 0.2) is 36.0 Å². The standard InChI is InChI=1S/C25H32ClF2N5/c1-4-18-13-22(30-23-10-15(2)31-32-23)29-21(25(18)28)12-17-8-9-33(16(3)11-17)14-19-6-5-7-20(26)24(19)27/h5-7,10,13,16-17,23,31-32H,4,8-9,11-12,14H2,1-3H3,(H,29,30)/t16-,17?,23?/m1/s1. The summed E-state index contributed by atoms with van der Waals surface area (Å²) in [6.45, 7) is 7.45. The summed E-state index contributed by atoms with van der Waals surface area (Å²) >= 11 is 5.94. The van der Waals surface area contributed by atoms with Crippen LogP contribution in [-0.4, -0.2) is 28.6 Å². The van der Waals surface area contributed by atoms with Crippen molar-refractivity contribution in [3.05, 3.63) is 69.5 Å². The second-order valence-electron chi connectivity index (χ2n) is 9.15. The Hall–Kier alpha value is -2.22. The molecule has 33 heavy (non-hydrogen) atoms. The zero-order valence-electron chi connectivity index (χ0n) is 19.4. The van der Waals surface area contributed by atoms with Crippen molar-refractivity contribution in [1.82, 2.24) is 20.7 Å². The number of likely N-dealkylation sites (tertiary alicyclic amines) is 1. The van der Waals surface area contributed by atoms with Crippen LogP contribution in [0.1, 0.15) is 50.4 Å². The molecule has 2 aliphatic rings. The maximum absolute atomic E-state index is 15.1. The Morgan fingerprint density at radius 2 is 2.06 bits per heavy atom. The van der Waals surface area contributed by atoms with E-state index in [2.05, 4.69) is 33.0 Å². The van der Waals surface area contributed by atoms with E-state index in [0.717, 1.165) is 25.1 Å². The Bertz CT molecular complexity index is 1030. The van der Waals surface area contributed by atoms with Crippen molar-refractivity contribution in [1.29, 1.82) is 0 Å². The fourth-order valence-electron chi connectivity index (χ4n) is 4.77. The van der Waals surface area contributed by atoms with Gasteiger partial charge in [0.25, 0.3) is 0 Å². The maximum Gasteiger partial charge on any atom is 0.148 e. The summed E-state index contributed by atoms with van der Waals surface area (Å²) in [4.78, 5) is 6.91. The number of halogens is 3. The SMILES string of the molecule is CCc1cc(NC2C=C(C)NN2)nc(CC2CCN(Cc3cccc(Cl)c3F)[C@H](C)C2)c1F. The van der Waals surface area contributed by atoms with E-state index in [1.807, 2.05) is 19.9 Å². The number of pyridine rings is 1. The van der Waals surface area contributed by atoms with Gasteiger partial charge in [0.2, 0.25) is 0 Å². The van der Waals surface area contributed by atoms with Crippen LogP contribution in [0.2, 0.25) is 5.02 Å². The number of piperidine rings is 1. The third-order valence-electron chi connectivity index (χ3n) is 6.64. The molecule has 1 fully saturated rings. The van der Waals surface area contributed by atoms with Crippen molar-refractivity contribution in [3.63, 3.8) is 0 Å². The molecule has 0 amide bonds. The minimum absolute atomic E-state index is 0.0873. The monoisotopic (exact) mass is 475 g/mol. The highest BCUT2D eigenvalue weighted by Crippen LogP contribution is 2.30. The molecule has 5 nitrogen and oxygen atoms in total. The predicted molar refractivity (Wildman–Crippen MR) is 129 cm³/mol. The molecule has 3 heterocycles. The molecule has 0 aliphatic carbocycles. The van der Waals surface area contributed by atoms with Crippen LogP contribution in [0, 0.1) is 17.6 Å². The number of hydrazine groups is 1. The summed E-state index contributed by atoms with van der Waals surface area (Å²) in [7, 11) is 0. The molecule has 178 valence electrons. The number of benzene rings is 1. The zero-order valence-corrected chi connectivity index (χ0v) is 20.1. The molecule has 0 spiro atoms. The van der Waals surface area contributed by atoms with E-state index >= 15 is 4.39 Å². The van der Waals surface area contributed by atoms with Crippen molar-refractivity contribution < 1.29 is 8.78 Å². The largest absolute Gasteiger partial charge is 0.350 e. The fourth-order valence-corrected chi connectivity index (χ4v) is 4.96. The first kappa shape index (κ1) is 23.9. The first-order chi connectivity index (χ1) is 15.8. The van der Waals surface area contributed by atoms with Gasteiger partial charge in [-0.1, -0.05) is 30.7 Å². The Labute approximate surface area is 199 Å². The lowest BCUT2D eigenvalue weighted by atomic mass is 9.87. The lowest BCUT2D eigenvalue weighted by molar-refractivity contribution is 0.113. The van der Waals surface area contributed by atoms with Gasteiger partial charge < -0.3 is 10.7 Å². The maximum atomic E-state index is 15.1. The molecule has 1 aromatic heterocycles. The molecule has 8 heteroatoms. The summed E-state index contributed by atoms with van der Waals surface area (Å²) in [6.07, 6.45) is 4.98. The minimum Gasteiger partial charge on any atom is -0.350 e. The van der Waals surface area contributed by atoms with E-state index in [1.54, 1.807) is 24.3 Å². The lowest BCUT2D eigenvalue weighted by Gasteiger charge is -2.38. The summed E-state index contributed by atoms with van der Waals surface area (Å²) in [6, 6.07) is 7.20. The lowest BCUT2D eigenvalue weighted by Crippen LogP contribution is -2.41. The summed E-state index contributed by atoms with van der Waals surface area (Å²) in [5.41, 5.74) is 9.02. The Kier molecular flexibility index (Phi) is 7.51. The Morgan fingerprint density at radius 3 is 2.76 bits per heavy atom. The zero-order chi connectivity index (χ0) is 23.5. The number of allylic oxidation sites excluding steroid dienone is 1. The van der Waals surface area contributed by atoms with Crippen molar-refractivity contribution >= 4 is 17.4 Å². The van der Waals surface area contributed by atoms with Crippen LogP contribution in [0.5, 0.6) is 0 Å². The molecule has 1 aromatic carbocycles. The molecule has 4 rings (SSSR count). The van der Waals surface area contributed by atoms with E-state index < -0.39 is 0 Å². The van der Waals surface area contributed by atoms with Crippen molar-refractivity contribution in [3.8, 4) is 0 Å². The number of hydrogen-bond acceptors (Lipinski definition) is 5. The number of hydrogen-bond donors (Lipinski definition) is 3. The van der Waals surface area contributed by atoms with Gasteiger partial charge in [0, 0.05) is 23.8 Å². The highest BCUT2D eigenvalue weighted by Gasteiger charge is 2.28. The van der Waals surface area contributed by atoms with Gasteiger partial charge in [-0.15, -0.1) is 0 Å². The van der Waals surface area contributed by atoms with Gasteiger partial charge in [0.15, 0.2) is 0 Å². The third-order valence-corrected chi connectivity index (χ3v) is 6.93. The van der Waals surface area contributed by atoms with E-state index in [-0.39, 0.29) is 28.9 Å². The topological polar surface area (TPSA) is 52.2 Å². The average Bonchev–Trinajstić information content (AvgIpc) is 3.19. The van der Waals surface area contributed by atoms with Crippen molar-refractivity contribution in [2.75, 3.05) is 11.9 Å². The Balaban J connectivity index is 1.42. The first-order valence-corrected chi connectivity index (χ1v) is 12.0. The van der Waals surface area contributed by atoms with Gasteiger partial charge in [-0.3, -0.25) is 4.90 Å². The molecule has 0 saturated carbocycles. The molecule has 0 bridgehead atoms. The van der Waals surface area contributed by atoms with E-state index in [1.165, 1.54) is 0 Å². The van der Waals surface area contributed by atoms with Gasteiger partial charge in [0.05, 0.1) is 10.7 Å². The van der Waals surface area contributed by atoms with E-state index in [0.29, 0.717) is 47.9 Å². The third kappa shape index (κ3) is 5.65. The second-order valence-corrected chi connectivity index (χ2v) is 9.56. The summed E-state index contributed by atoms with van der Waals surface area (Å²) in [5.74, 6) is 0.475. The molecular weight excluding hydrogens is 444 g/mol. The second kappa shape index (κ2) is 10.4. The van der Waals surface area contributed by atoms with Crippen LogP contribution in [0.4, 0.5) is 14.6 Å². The molecule has 2 aliphatic heterocycles. The average molecular weight is 476 g/mol. The molecule has 1 saturated heterocycles. The van der Waals surface area contributed by atoms with Crippen LogP contribution >= 0.6 is 11.6 Å². The van der Waals surface area contributed by atoms with E-state index in [9.17, 15) is 4.39 Å². The molecule has 2 unspecified atom stereocenters. The van der Waals surface area contributed by atoms with E-state index in [4.69, 9.17) is 11.6 Å². The number of anilines is 1. The molecule has 0 radical (unpaired) electrons. The quantitative estimate of drug-likeness (QED) is 0.516. The van der Waals surface area contributed by atoms with Gasteiger partial charge in [0.1, 0.15) is 23.6 Å². The van der Waals surface area contributed by atoms with Crippen molar-refractivity contribution in [2.24, 2.45) is 5.92 Å². The van der Waals surface area contributed by atoms with Gasteiger partial charge >= 0.3 is 0 Å². The van der Waals surface area contributed by atoms with Crippen LogP contribution in [-0.2, 0) is 19.4 Å². The Morgan fingerprint density at radius 1 is 1.24 bits per heavy atom. The van der Waals surface area contributed by atoms with Crippen molar-refractivity contribution in [2.45, 2.75) is 65.2 Å². The molecule has 3 N–H and O–H groups in total. The highest BCUT2D eigenvalue weighted by atomic mass is 35.5. The summed E-state index contributed by atoms with van der Waals surface area (Å²) in [5, 5.41) is 3.48. The van der Waals surface area contributed by atoms with Gasteiger partial charge in [-0.2, -0.15) is 0 Å². The summed E-state index contributed by atoms with van der Waals surface area (Å²) < 4.78 is 29.5. The first-order valence-electron chi connectivity index (χ1n) is 11.7. The number of aryl methyl sites for hydroxylation is 1. The number of nitrogens with one attached hydrogen (secondary N) is 3. The normalized spacial score (nSPS) is 23.3. The van der Waals surface area contributed by atoms with Crippen LogP contribution < -0.4 is 16.2 Å². The number of aromatic nitrogens is 1. The molecule has 3 atom stereocenters. The van der Waals surface area contributed by atoms with Crippen LogP contribution in [0.3, 0.4) is 0 Å². The van der Waals surface area contributed by atoms with Gasteiger partial charge in [-0.05, 0) is 75.8 Å². The number of rotatable bonds is 7. The van der Waals surface area contributed by atoms with Crippen LogP contribution in [0.25, 0.3) is 0 Å². The highest BCUT2D eigenvalue weighted by molar-refractivity contribution is 6.30.